The fourth-order valence-corrected chi connectivity index (χ4v) is 6.82. The molecule has 0 N–H and O–H groups in total. The van der Waals surface area contributed by atoms with Crippen LogP contribution in [0.2, 0.25) is 0 Å². The molecule has 0 aliphatic carbocycles. The monoisotopic (exact) mass is 658 g/mol. The molecule has 1 rings (SSSR count). The Morgan fingerprint density at radius 2 is 0.636 bits per heavy atom. The average Bonchev–Trinajstić information content (AvgIpc) is 2.99. The Balaban J connectivity index is 0.0000185. The first-order valence-corrected chi connectivity index (χ1v) is 20.5. The van der Waals surface area contributed by atoms with Gasteiger partial charge in [0, 0.05) is 0 Å². The van der Waals surface area contributed by atoms with Crippen molar-refractivity contribution >= 4 is 10.1 Å². The first-order chi connectivity index (χ1) is 21.0. The molecule has 0 aliphatic rings. The van der Waals surface area contributed by atoms with Crippen molar-refractivity contribution in [1.82, 2.24) is 0 Å². The van der Waals surface area contributed by atoms with E-state index in [1.807, 2.05) is 0 Å². The molecule has 3 nitrogen and oxygen atoms in total. The Morgan fingerprint density at radius 1 is 0.409 bits per heavy atom. The van der Waals surface area contributed by atoms with Gasteiger partial charge in [-0.15, -0.1) is 0 Å². The smallest absolute Gasteiger partial charge is 0.744 e. The first kappa shape index (κ1) is 44.8. The Kier molecular flexibility index (Phi) is 34.2. The topological polar surface area (TPSA) is 57.2 Å². The molecule has 0 saturated heterocycles. The van der Waals surface area contributed by atoms with E-state index in [1.165, 1.54) is 205 Å². The summed E-state index contributed by atoms with van der Waals surface area (Å²) in [5.74, 6) is 0. The molecule has 0 radical (unpaired) electrons. The Labute approximate surface area is 318 Å². The van der Waals surface area contributed by atoms with E-state index in [9.17, 15) is 13.0 Å². The van der Waals surface area contributed by atoms with Gasteiger partial charge in [0.1, 0.15) is 10.1 Å². The maximum Gasteiger partial charge on any atom is 1.00 e. The summed E-state index contributed by atoms with van der Waals surface area (Å²) in [7, 11) is -4.33. The van der Waals surface area contributed by atoms with Crippen LogP contribution in [0.5, 0.6) is 0 Å². The summed E-state index contributed by atoms with van der Waals surface area (Å²) < 4.78 is 33.0. The third-order valence-corrected chi connectivity index (χ3v) is 10.1. The minimum absolute atomic E-state index is 0. The van der Waals surface area contributed by atoms with Crippen LogP contribution in [0.3, 0.4) is 0 Å². The molecule has 0 unspecified atom stereocenters. The predicted octanol–water partition coefficient (Wildman–Crippen LogP) is 10.3. The van der Waals surface area contributed by atoms with Gasteiger partial charge in [-0.1, -0.05) is 212 Å². The molecular weight excluding hydrogens is 588 g/mol. The van der Waals surface area contributed by atoms with E-state index in [0.717, 1.165) is 18.4 Å². The SMILES string of the molecule is CCCCCCCCCCCCCCCCCCCCCCCCCCCCCCCCCc1ccc(S(=O)(=O)[O-])cc1.[K+]. The molecule has 0 spiro atoms. The van der Waals surface area contributed by atoms with Crippen LogP contribution in [0.15, 0.2) is 29.2 Å². The van der Waals surface area contributed by atoms with Gasteiger partial charge < -0.3 is 4.55 Å². The van der Waals surface area contributed by atoms with Crippen molar-refractivity contribution < 1.29 is 64.4 Å². The van der Waals surface area contributed by atoms with Gasteiger partial charge in [0.2, 0.25) is 0 Å². The van der Waals surface area contributed by atoms with Crippen LogP contribution in [0.1, 0.15) is 212 Å². The average molecular weight is 659 g/mol. The zero-order chi connectivity index (χ0) is 31.1. The zero-order valence-corrected chi connectivity index (χ0v) is 33.5. The third-order valence-electron chi connectivity index (χ3n) is 9.28. The van der Waals surface area contributed by atoms with E-state index >= 15 is 0 Å². The van der Waals surface area contributed by atoms with Crippen molar-refractivity contribution in [3.8, 4) is 0 Å². The van der Waals surface area contributed by atoms with Gasteiger partial charge in [0.25, 0.3) is 0 Å². The van der Waals surface area contributed by atoms with E-state index in [-0.39, 0.29) is 56.3 Å². The summed E-state index contributed by atoms with van der Waals surface area (Å²) in [6.07, 6.45) is 44.9. The van der Waals surface area contributed by atoms with Crippen molar-refractivity contribution in [2.24, 2.45) is 0 Å². The normalized spacial score (nSPS) is 11.6. The van der Waals surface area contributed by atoms with E-state index in [4.69, 9.17) is 0 Å². The van der Waals surface area contributed by atoms with Gasteiger partial charge in [-0.25, -0.2) is 8.42 Å². The van der Waals surface area contributed by atoms with E-state index in [2.05, 4.69) is 6.92 Å². The number of benzene rings is 1. The Morgan fingerprint density at radius 3 is 0.864 bits per heavy atom. The van der Waals surface area contributed by atoms with Crippen LogP contribution in [-0.2, 0) is 16.5 Å². The molecule has 252 valence electrons. The fourth-order valence-electron chi connectivity index (χ4n) is 6.35. The maximum atomic E-state index is 11.0. The molecule has 0 fully saturated rings. The first-order valence-electron chi connectivity index (χ1n) is 19.1. The zero-order valence-electron chi connectivity index (χ0n) is 29.6. The number of hydrogen-bond donors (Lipinski definition) is 0. The molecule has 0 atom stereocenters. The van der Waals surface area contributed by atoms with Gasteiger partial charge in [-0.05, 0) is 30.5 Å². The minimum Gasteiger partial charge on any atom is -0.744 e. The molecule has 0 heterocycles. The van der Waals surface area contributed by atoms with E-state index in [0.29, 0.717) is 0 Å². The minimum atomic E-state index is -4.33. The summed E-state index contributed by atoms with van der Waals surface area (Å²) in [6, 6.07) is 6.40. The van der Waals surface area contributed by atoms with Crippen LogP contribution in [0.4, 0.5) is 0 Å². The van der Waals surface area contributed by atoms with Crippen LogP contribution >= 0.6 is 0 Å². The van der Waals surface area contributed by atoms with Crippen molar-refractivity contribution in [1.29, 1.82) is 0 Å². The number of rotatable bonds is 33. The number of unbranched alkanes of at least 4 members (excludes halogenated alkanes) is 30. The van der Waals surface area contributed by atoms with E-state index in [1.54, 1.807) is 12.1 Å². The second-order valence-electron chi connectivity index (χ2n) is 13.5. The summed E-state index contributed by atoms with van der Waals surface area (Å²) in [5.41, 5.74) is 1.11. The Bertz CT molecular complexity index is 809. The summed E-state index contributed by atoms with van der Waals surface area (Å²) in [5, 5.41) is 0. The van der Waals surface area contributed by atoms with Crippen LogP contribution in [0.25, 0.3) is 0 Å². The second-order valence-corrected chi connectivity index (χ2v) is 14.8. The molecule has 0 aromatic heterocycles. The molecule has 0 aliphatic heterocycles. The van der Waals surface area contributed by atoms with E-state index < -0.39 is 10.1 Å². The molecular formula is C39H71KO3S. The number of aryl methyl sites for hydroxylation is 1. The van der Waals surface area contributed by atoms with Crippen molar-refractivity contribution in [3.05, 3.63) is 29.8 Å². The van der Waals surface area contributed by atoms with Crippen LogP contribution in [-0.4, -0.2) is 13.0 Å². The molecule has 5 heteroatoms. The van der Waals surface area contributed by atoms with Gasteiger partial charge in [0.15, 0.2) is 0 Å². The summed E-state index contributed by atoms with van der Waals surface area (Å²) in [6.45, 7) is 2.30. The van der Waals surface area contributed by atoms with Gasteiger partial charge in [-0.2, -0.15) is 0 Å². The van der Waals surface area contributed by atoms with Gasteiger partial charge >= 0.3 is 51.4 Å². The van der Waals surface area contributed by atoms with Crippen LogP contribution in [0, 0.1) is 0 Å². The largest absolute Gasteiger partial charge is 1.00 e. The van der Waals surface area contributed by atoms with Crippen LogP contribution < -0.4 is 51.4 Å². The molecule has 0 amide bonds. The predicted molar refractivity (Wildman–Crippen MR) is 187 cm³/mol. The van der Waals surface area contributed by atoms with Crippen molar-refractivity contribution in [2.45, 2.75) is 217 Å². The second kappa shape index (κ2) is 33.7. The quantitative estimate of drug-likeness (QED) is 0.0429. The van der Waals surface area contributed by atoms with Gasteiger partial charge in [0.05, 0.1) is 4.90 Å². The number of hydrogen-bond acceptors (Lipinski definition) is 3. The molecule has 0 saturated carbocycles. The van der Waals surface area contributed by atoms with Crippen molar-refractivity contribution in [3.63, 3.8) is 0 Å². The van der Waals surface area contributed by atoms with Gasteiger partial charge in [-0.3, -0.25) is 0 Å². The fraction of sp³-hybridized carbons (Fsp3) is 0.846. The molecule has 1 aromatic rings. The summed E-state index contributed by atoms with van der Waals surface area (Å²) >= 11 is 0. The maximum absolute atomic E-state index is 11.0. The molecule has 1 aromatic carbocycles. The summed E-state index contributed by atoms with van der Waals surface area (Å²) in [4.78, 5) is -0.132. The molecule has 0 bridgehead atoms. The molecule has 44 heavy (non-hydrogen) atoms. The standard InChI is InChI=1S/C39H72O3S.K/c1-2-3-4-5-6-7-8-9-10-11-12-13-14-15-16-17-18-19-20-21-22-23-24-25-26-27-28-29-30-31-32-33-38-34-36-39(37-35-38)43(40,41)42;/h34-37H,2-33H2,1H3,(H,40,41,42);/q;+1/p-1. The Hall–Kier alpha value is 0.766. The van der Waals surface area contributed by atoms with Crippen molar-refractivity contribution in [2.75, 3.05) is 0 Å². The third kappa shape index (κ3) is 30.1.